The number of methoxy groups -OCH3 is 1. The average molecular weight is 388 g/mol. The van der Waals surface area contributed by atoms with E-state index in [1.807, 2.05) is 0 Å². The zero-order chi connectivity index (χ0) is 19.7. The van der Waals surface area contributed by atoms with E-state index < -0.39 is 10.0 Å². The largest absolute Gasteiger partial charge is 0.497 e. The van der Waals surface area contributed by atoms with Gasteiger partial charge in [0.15, 0.2) is 0 Å². The fourth-order valence-electron chi connectivity index (χ4n) is 2.07. The summed E-state index contributed by atoms with van der Waals surface area (Å²) in [7, 11) is -2.12. The summed E-state index contributed by atoms with van der Waals surface area (Å²) in [5.41, 5.74) is 0.625. The van der Waals surface area contributed by atoms with Crippen LogP contribution in [0.5, 0.6) is 11.5 Å². The zero-order valence-corrected chi connectivity index (χ0v) is 15.8. The molecule has 0 saturated heterocycles. The van der Waals surface area contributed by atoms with Gasteiger partial charge in [-0.05, 0) is 36.4 Å². The van der Waals surface area contributed by atoms with Crippen LogP contribution in [0.25, 0.3) is 0 Å². The van der Waals surface area contributed by atoms with Crippen LogP contribution in [0.15, 0.2) is 53.4 Å². The van der Waals surface area contributed by atoms with Gasteiger partial charge in [0.2, 0.25) is 15.9 Å². The minimum absolute atomic E-state index is 0.0380. The van der Waals surface area contributed by atoms with Gasteiger partial charge in [-0.1, -0.05) is 17.9 Å². The zero-order valence-electron chi connectivity index (χ0n) is 15.0. The summed E-state index contributed by atoms with van der Waals surface area (Å²) < 4.78 is 37.1. The van der Waals surface area contributed by atoms with E-state index in [9.17, 15) is 13.2 Å². The summed E-state index contributed by atoms with van der Waals surface area (Å²) in [6.07, 6.45) is 0. The molecule has 0 unspecified atom stereocenters. The van der Waals surface area contributed by atoms with Crippen LogP contribution in [0, 0.1) is 11.8 Å². The van der Waals surface area contributed by atoms with Crippen molar-refractivity contribution in [1.29, 1.82) is 0 Å². The minimum Gasteiger partial charge on any atom is -0.497 e. The molecule has 0 atom stereocenters. The van der Waals surface area contributed by atoms with E-state index in [1.54, 1.807) is 36.4 Å². The van der Waals surface area contributed by atoms with Gasteiger partial charge in [0.05, 0.1) is 18.6 Å². The lowest BCUT2D eigenvalue weighted by atomic mass is 10.3. The summed E-state index contributed by atoms with van der Waals surface area (Å²) in [6, 6.07) is 13.0. The second kappa shape index (κ2) is 9.62. The van der Waals surface area contributed by atoms with E-state index in [0.717, 1.165) is 0 Å². The van der Waals surface area contributed by atoms with Gasteiger partial charge in [0.1, 0.15) is 18.1 Å². The fraction of sp³-hybridized carbons (Fsp3) is 0.211. The van der Waals surface area contributed by atoms with Crippen LogP contribution in [0.2, 0.25) is 0 Å². The second-order valence-electron chi connectivity index (χ2n) is 5.35. The van der Waals surface area contributed by atoms with Gasteiger partial charge in [-0.2, -0.15) is 4.72 Å². The number of anilines is 1. The quantitative estimate of drug-likeness (QED) is 0.708. The second-order valence-corrected chi connectivity index (χ2v) is 7.12. The molecule has 2 aromatic rings. The summed E-state index contributed by atoms with van der Waals surface area (Å²) >= 11 is 0. The van der Waals surface area contributed by atoms with Crippen LogP contribution in [0.4, 0.5) is 5.69 Å². The molecule has 0 saturated carbocycles. The van der Waals surface area contributed by atoms with E-state index in [1.165, 1.54) is 26.2 Å². The molecule has 2 aromatic carbocycles. The van der Waals surface area contributed by atoms with Gasteiger partial charge in [-0.25, -0.2) is 8.42 Å². The van der Waals surface area contributed by atoms with Crippen molar-refractivity contribution >= 4 is 21.6 Å². The molecular weight excluding hydrogens is 368 g/mol. The van der Waals surface area contributed by atoms with E-state index in [0.29, 0.717) is 17.2 Å². The Hall–Kier alpha value is -3.02. The predicted molar refractivity (Wildman–Crippen MR) is 102 cm³/mol. The Morgan fingerprint density at radius 2 is 1.81 bits per heavy atom. The van der Waals surface area contributed by atoms with Crippen molar-refractivity contribution in [3.63, 3.8) is 0 Å². The van der Waals surface area contributed by atoms with E-state index >= 15 is 0 Å². The van der Waals surface area contributed by atoms with E-state index in [2.05, 4.69) is 21.9 Å². The SMILES string of the molecule is COc1ccc(S(=O)(=O)NCC#CCOc2cccc(NC(C)=O)c2)cc1. The molecule has 7 nitrogen and oxygen atoms in total. The highest BCUT2D eigenvalue weighted by Gasteiger charge is 2.12. The maximum Gasteiger partial charge on any atom is 0.241 e. The van der Waals surface area contributed by atoms with Gasteiger partial charge < -0.3 is 14.8 Å². The molecule has 0 aliphatic carbocycles. The summed E-state index contributed by atoms with van der Waals surface area (Å²) in [6.45, 7) is 1.48. The maximum absolute atomic E-state index is 12.1. The minimum atomic E-state index is -3.63. The van der Waals surface area contributed by atoms with Crippen molar-refractivity contribution < 1.29 is 22.7 Å². The lowest BCUT2D eigenvalue weighted by molar-refractivity contribution is -0.114. The Bertz CT molecular complexity index is 944. The van der Waals surface area contributed by atoms with Crippen molar-refractivity contribution in [3.8, 4) is 23.3 Å². The number of nitrogens with one attached hydrogen (secondary N) is 2. The molecule has 0 bridgehead atoms. The Morgan fingerprint density at radius 3 is 2.48 bits per heavy atom. The summed E-state index contributed by atoms with van der Waals surface area (Å²) in [4.78, 5) is 11.2. The van der Waals surface area contributed by atoms with Gasteiger partial charge in [0.25, 0.3) is 0 Å². The smallest absolute Gasteiger partial charge is 0.241 e. The first kappa shape index (κ1) is 20.3. The molecule has 2 N–H and O–H groups in total. The molecular formula is C19H20N2O5S. The first-order valence-electron chi connectivity index (χ1n) is 8.00. The first-order valence-corrected chi connectivity index (χ1v) is 9.49. The van der Waals surface area contributed by atoms with Crippen molar-refractivity contribution in [2.75, 3.05) is 25.6 Å². The number of ether oxygens (including phenoxy) is 2. The van der Waals surface area contributed by atoms with Gasteiger partial charge >= 0.3 is 0 Å². The average Bonchev–Trinajstić information content (AvgIpc) is 2.64. The number of hydrogen-bond acceptors (Lipinski definition) is 5. The lowest BCUT2D eigenvalue weighted by Gasteiger charge is -2.06. The highest BCUT2D eigenvalue weighted by atomic mass is 32.2. The number of carbonyl (C=O) groups excluding carboxylic acids is 1. The van der Waals surface area contributed by atoms with Crippen LogP contribution in [-0.2, 0) is 14.8 Å². The van der Waals surface area contributed by atoms with Crippen molar-refractivity contribution in [2.24, 2.45) is 0 Å². The third-order valence-electron chi connectivity index (χ3n) is 3.31. The van der Waals surface area contributed by atoms with Crippen LogP contribution in [-0.4, -0.2) is 34.6 Å². The molecule has 0 aliphatic heterocycles. The van der Waals surface area contributed by atoms with E-state index in [-0.39, 0.29) is 24.0 Å². The standard InChI is InChI=1S/C19H20N2O5S/c1-15(22)21-16-6-5-7-18(14-16)26-13-4-3-12-20-27(23,24)19-10-8-17(25-2)9-11-19/h5-11,14,20H,12-13H2,1-2H3,(H,21,22). The topological polar surface area (TPSA) is 93.7 Å². The van der Waals surface area contributed by atoms with Gasteiger partial charge in [-0.15, -0.1) is 0 Å². The normalized spacial score (nSPS) is 10.4. The molecule has 2 rings (SSSR count). The fourth-order valence-corrected chi connectivity index (χ4v) is 2.99. The van der Waals surface area contributed by atoms with Crippen LogP contribution in [0.1, 0.15) is 6.92 Å². The molecule has 8 heteroatoms. The number of amides is 1. The molecule has 27 heavy (non-hydrogen) atoms. The molecule has 0 radical (unpaired) electrons. The van der Waals surface area contributed by atoms with Crippen molar-refractivity contribution in [1.82, 2.24) is 4.72 Å². The number of benzene rings is 2. The maximum atomic E-state index is 12.1. The number of carbonyl (C=O) groups is 1. The molecule has 0 aromatic heterocycles. The molecule has 0 heterocycles. The number of rotatable bonds is 7. The first-order chi connectivity index (χ1) is 12.9. The van der Waals surface area contributed by atoms with Crippen LogP contribution >= 0.6 is 0 Å². The predicted octanol–water partition coefficient (Wildman–Crippen LogP) is 2.01. The number of hydrogen-bond donors (Lipinski definition) is 2. The molecule has 0 spiro atoms. The summed E-state index contributed by atoms with van der Waals surface area (Å²) in [5.74, 6) is 6.38. The van der Waals surface area contributed by atoms with Crippen LogP contribution < -0.4 is 19.5 Å². The number of sulfonamides is 1. The van der Waals surface area contributed by atoms with Gasteiger partial charge in [0, 0.05) is 18.7 Å². The van der Waals surface area contributed by atoms with E-state index in [4.69, 9.17) is 9.47 Å². The van der Waals surface area contributed by atoms with Crippen molar-refractivity contribution in [3.05, 3.63) is 48.5 Å². The highest BCUT2D eigenvalue weighted by molar-refractivity contribution is 7.89. The highest BCUT2D eigenvalue weighted by Crippen LogP contribution is 2.17. The van der Waals surface area contributed by atoms with Gasteiger partial charge in [-0.3, -0.25) is 4.79 Å². The van der Waals surface area contributed by atoms with Crippen molar-refractivity contribution in [2.45, 2.75) is 11.8 Å². The lowest BCUT2D eigenvalue weighted by Crippen LogP contribution is -2.24. The molecule has 0 aliphatic rings. The Balaban J connectivity index is 1.82. The monoisotopic (exact) mass is 388 g/mol. The molecule has 1 amide bonds. The Morgan fingerprint density at radius 1 is 1.07 bits per heavy atom. The van der Waals surface area contributed by atoms with Crippen LogP contribution in [0.3, 0.4) is 0 Å². The Labute approximate surface area is 158 Å². The Kier molecular flexibility index (Phi) is 7.23. The molecule has 0 fully saturated rings. The summed E-state index contributed by atoms with van der Waals surface area (Å²) in [5, 5.41) is 2.66. The third kappa shape index (κ3) is 6.66. The molecule has 142 valence electrons. The third-order valence-corrected chi connectivity index (χ3v) is 4.73.